The van der Waals surface area contributed by atoms with Crippen LogP contribution in [0.4, 0.5) is 114 Å². The molecule has 8 nitrogen and oxygen atoms in total. The first-order valence-corrected chi connectivity index (χ1v) is 53.7. The number of hydrogen-bond donors (Lipinski definition) is 4. The minimum absolute atomic E-state index is 1.09. The van der Waals surface area contributed by atoms with Gasteiger partial charge in [0.15, 0.2) is 0 Å². The van der Waals surface area contributed by atoms with Crippen molar-refractivity contribution in [3.05, 3.63) is 570 Å². The molecule has 0 saturated carbocycles. The Morgan fingerprint density at radius 2 is 0.373 bits per heavy atom. The van der Waals surface area contributed by atoms with Crippen molar-refractivity contribution in [2.75, 3.05) is 40.9 Å². The predicted molar refractivity (Wildman–Crippen MR) is 653 cm³/mol. The summed E-state index contributed by atoms with van der Waals surface area (Å²) in [6.45, 7) is 0. The highest BCUT2D eigenvalue weighted by Crippen LogP contribution is 2.50. The lowest BCUT2D eigenvalue weighted by Gasteiger charge is -2.27. The van der Waals surface area contributed by atoms with Gasteiger partial charge in [-0.3, -0.25) is 0 Å². The largest absolute Gasteiger partial charge is 0.356 e. The molecule has 24 aromatic carbocycles. The van der Waals surface area contributed by atoms with E-state index in [4.69, 9.17) is 0 Å². The average Bonchev–Trinajstić information content (AvgIpc) is 1.42. The summed E-state index contributed by atoms with van der Waals surface area (Å²) in [5.41, 5.74) is 24.9. The molecule has 0 unspecified atom stereocenters. The van der Waals surface area contributed by atoms with Crippen molar-refractivity contribution in [1.82, 2.24) is 0 Å². The third kappa shape index (κ3) is 19.5. The first-order chi connectivity index (χ1) is 74.3. The van der Waals surface area contributed by atoms with Crippen LogP contribution in [0.25, 0.3) is 124 Å². The lowest BCUT2D eigenvalue weighted by molar-refractivity contribution is 1.29. The van der Waals surface area contributed by atoms with Crippen molar-refractivity contribution in [1.29, 1.82) is 0 Å². The van der Waals surface area contributed by atoms with Gasteiger partial charge in [0, 0.05) is 200 Å². The summed E-state index contributed by atoms with van der Waals surface area (Å²) in [5.74, 6) is 0. The van der Waals surface area contributed by atoms with Gasteiger partial charge in [0.25, 0.3) is 0 Å². The van der Waals surface area contributed by atoms with Gasteiger partial charge in [0.05, 0.1) is 5.69 Å². The molecule has 0 radical (unpaired) electrons. The van der Waals surface area contributed by atoms with Gasteiger partial charge in [-0.15, -0.1) is 45.3 Å². The second-order valence-electron chi connectivity index (χ2n) is 37.0. The molecular weight excluding hydrogens is 1900 g/mol. The monoisotopic (exact) mass is 1990 g/mol. The normalized spacial score (nSPS) is 11.2. The number of fused-ring (bicyclic) bond motifs is 16. The highest BCUT2D eigenvalue weighted by Gasteiger charge is 2.24. The molecule has 0 spiro atoms. The summed E-state index contributed by atoms with van der Waals surface area (Å²) in [4.78, 5) is 9.39. The highest BCUT2D eigenvalue weighted by molar-refractivity contribution is 7.27. The van der Waals surface area contributed by atoms with Crippen molar-refractivity contribution in [3.63, 3.8) is 0 Å². The van der Waals surface area contributed by atoms with E-state index in [1.165, 1.54) is 130 Å². The van der Waals surface area contributed by atoms with Crippen molar-refractivity contribution in [2.24, 2.45) is 0 Å². The van der Waals surface area contributed by atoms with E-state index in [1.54, 1.807) is 0 Å². The molecule has 0 atom stereocenters. The maximum absolute atomic E-state index is 3.68. The van der Waals surface area contributed by atoms with Gasteiger partial charge >= 0.3 is 0 Å². The molecule has 0 saturated heterocycles. The Bertz CT molecular complexity index is 9580. The fourth-order valence-electron chi connectivity index (χ4n) is 20.4. The minimum atomic E-state index is 1.09. The molecule has 12 heteroatoms. The van der Waals surface area contributed by atoms with E-state index < -0.39 is 0 Å². The Labute approximate surface area is 887 Å². The molecule has 28 rings (SSSR count). The van der Waals surface area contributed by atoms with E-state index in [0.717, 1.165) is 108 Å². The fraction of sp³-hybridized carbons (Fsp3) is 0. The molecule has 0 amide bonds. The number of benzene rings is 24. The maximum Gasteiger partial charge on any atom is 0.0546 e. The molecular formula is C138H98N8S4. The third-order valence-corrected chi connectivity index (χ3v) is 32.0. The van der Waals surface area contributed by atoms with Gasteiger partial charge < -0.3 is 40.9 Å². The van der Waals surface area contributed by atoms with Gasteiger partial charge in [0.1, 0.15) is 0 Å². The zero-order valence-corrected chi connectivity index (χ0v) is 85.0. The van der Waals surface area contributed by atoms with Gasteiger partial charge in [-0.1, -0.05) is 291 Å². The summed E-state index contributed by atoms with van der Waals surface area (Å²) in [7, 11) is 0. The first kappa shape index (κ1) is 92.5. The SMILES string of the molecule is c1ccc(N(c2ccccc2)c2ccc3sc4ccc(Nc5cccc6ccccc56)cc4c3c2)cc1.c1ccc(Nc2ccc3sc4ccc(N(c5ccccc5)c5cc6ccccc6c6ccccc56)cc4c3c2)cc1.c1ccc(Nc2ccc3sc4ccc(N(c5ccccc5)c5cccc(-c6ccccc6)c5)cc4c3c2)cc1.c1ccc(Nc2ccc3sc4ccc(N(c5ccccc5)c5ccccc5)cc4c3c2)cc1. The number of hydrogen-bond acceptors (Lipinski definition) is 12. The molecule has 0 aliphatic carbocycles. The summed E-state index contributed by atoms with van der Waals surface area (Å²) in [6, 6.07) is 203. The van der Waals surface area contributed by atoms with Gasteiger partial charge in [-0.05, 0) is 312 Å². The second-order valence-corrected chi connectivity index (χ2v) is 41.4. The van der Waals surface area contributed by atoms with Crippen LogP contribution in [0.15, 0.2) is 570 Å². The predicted octanol–water partition coefficient (Wildman–Crippen LogP) is 42.2. The van der Waals surface area contributed by atoms with Crippen LogP contribution in [0.5, 0.6) is 0 Å². The van der Waals surface area contributed by atoms with E-state index in [9.17, 15) is 0 Å². The number of para-hydroxylation sites is 9. The number of nitrogens with one attached hydrogen (secondary N) is 4. The van der Waals surface area contributed by atoms with Crippen LogP contribution in [0.2, 0.25) is 0 Å². The van der Waals surface area contributed by atoms with Crippen LogP contribution in [0.1, 0.15) is 0 Å². The van der Waals surface area contributed by atoms with E-state index in [1.807, 2.05) is 63.5 Å². The number of thiophene rings is 4. The maximum atomic E-state index is 3.68. The molecule has 0 fully saturated rings. The lowest BCUT2D eigenvalue weighted by atomic mass is 9.99. The molecule has 0 aliphatic rings. The van der Waals surface area contributed by atoms with Crippen LogP contribution in [0, 0.1) is 0 Å². The zero-order valence-electron chi connectivity index (χ0n) is 81.7. The molecule has 0 bridgehead atoms. The lowest BCUT2D eigenvalue weighted by Crippen LogP contribution is -2.10. The van der Waals surface area contributed by atoms with Gasteiger partial charge in [-0.25, -0.2) is 0 Å². The van der Waals surface area contributed by atoms with Crippen LogP contribution < -0.4 is 40.9 Å². The Kier molecular flexibility index (Phi) is 26.0. The van der Waals surface area contributed by atoms with Crippen LogP contribution in [-0.4, -0.2) is 0 Å². The molecule has 0 aliphatic heterocycles. The second kappa shape index (κ2) is 42.2. The fourth-order valence-corrected chi connectivity index (χ4v) is 24.7. The van der Waals surface area contributed by atoms with Crippen molar-refractivity contribution >= 4 is 272 Å². The minimum Gasteiger partial charge on any atom is -0.356 e. The molecule has 4 heterocycles. The van der Waals surface area contributed by atoms with E-state index in [0.29, 0.717) is 0 Å². The molecule has 4 N–H and O–H groups in total. The van der Waals surface area contributed by atoms with Crippen LogP contribution >= 0.6 is 45.3 Å². The Balaban J connectivity index is 0.000000104. The zero-order chi connectivity index (χ0) is 99.8. The van der Waals surface area contributed by atoms with Crippen molar-refractivity contribution in [2.45, 2.75) is 0 Å². The molecule has 714 valence electrons. The van der Waals surface area contributed by atoms with Crippen LogP contribution in [0.3, 0.4) is 0 Å². The van der Waals surface area contributed by atoms with Crippen LogP contribution in [-0.2, 0) is 0 Å². The number of rotatable bonds is 21. The van der Waals surface area contributed by atoms with Crippen molar-refractivity contribution < 1.29 is 0 Å². The smallest absolute Gasteiger partial charge is 0.0546 e. The van der Waals surface area contributed by atoms with E-state index in [-0.39, 0.29) is 0 Å². The van der Waals surface area contributed by atoms with Crippen molar-refractivity contribution in [3.8, 4) is 11.1 Å². The quantitative estimate of drug-likeness (QED) is 0.0531. The molecule has 150 heavy (non-hydrogen) atoms. The Morgan fingerprint density at radius 1 is 0.127 bits per heavy atom. The first-order valence-electron chi connectivity index (χ1n) is 50.5. The van der Waals surface area contributed by atoms with E-state index >= 15 is 0 Å². The average molecular weight is 2000 g/mol. The summed E-state index contributed by atoms with van der Waals surface area (Å²) in [6.07, 6.45) is 0. The van der Waals surface area contributed by atoms with Gasteiger partial charge in [-0.2, -0.15) is 0 Å². The molecule has 28 aromatic rings. The number of anilines is 20. The standard InChI is InChI=1S/C38H26N2S.C36H26N2S.C34H24N2S.C30H22N2S/c1-3-12-27(13-4-1)39-28-19-21-37-34(24-28)35-25-30(20-22-38(35)41-37)40(29-14-5-2-6-15-29)36-23-26-11-7-8-16-31(26)32-17-9-10-18-33(32)36;1-4-11-26(12-5-1)27-13-10-18-31(23-27)38(30-16-8-3-9-17-30)32-20-22-36-34(25-32)33-24-29(19-21-35(33)39-36)37-28-14-6-2-7-15-28;1-3-12-26(13-4-1)36(27-14-5-2-6-15-27)28-19-21-34-31(23-28)30-22-25(18-20-33(30)37-34)35-32-17-9-11-24-10-7-8-16-29(24)32;1-4-10-22(11-5-1)31-23-16-18-29-27(20-23)28-21-26(17-19-30(28)33-29)32(24-12-6-2-7-13-24)25-14-8-3-9-15-25/h1-25,39H;1-25,37H;1-23,35H;1-21,31H. The summed E-state index contributed by atoms with van der Waals surface area (Å²) >= 11 is 7.38. The number of nitrogens with zero attached hydrogens (tertiary/aromatic N) is 4. The highest BCUT2D eigenvalue weighted by atomic mass is 32.1. The third-order valence-electron chi connectivity index (χ3n) is 27.4. The Morgan fingerprint density at radius 3 is 0.747 bits per heavy atom. The summed E-state index contributed by atoms with van der Waals surface area (Å²) in [5, 5.41) is 32.0. The van der Waals surface area contributed by atoms with E-state index in [2.05, 4.69) is 593 Å². The Hall–Kier alpha value is -18.7. The van der Waals surface area contributed by atoms with Gasteiger partial charge in [0.2, 0.25) is 0 Å². The molecule has 4 aromatic heterocycles. The summed E-state index contributed by atoms with van der Waals surface area (Å²) < 4.78 is 10.3. The topological polar surface area (TPSA) is 61.1 Å².